The molecule has 1 aromatic rings. The Morgan fingerprint density at radius 2 is 2.33 bits per heavy atom. The van der Waals surface area contributed by atoms with Gasteiger partial charge < -0.3 is 5.11 Å². The second-order valence-corrected chi connectivity index (χ2v) is 6.01. The van der Waals surface area contributed by atoms with E-state index in [1.54, 1.807) is 11.3 Å². The summed E-state index contributed by atoms with van der Waals surface area (Å²) in [5.41, 5.74) is 0.533. The monoisotopic (exact) mass is 288 g/mol. The molecule has 1 aliphatic carbocycles. The summed E-state index contributed by atoms with van der Waals surface area (Å²) in [5, 5.41) is 15.0. The van der Waals surface area contributed by atoms with Crippen LogP contribution in [0.25, 0.3) is 0 Å². The largest absolute Gasteiger partial charge is 0.385 e. The van der Waals surface area contributed by atoms with Gasteiger partial charge in [-0.2, -0.15) is 11.3 Å². The van der Waals surface area contributed by atoms with E-state index in [4.69, 9.17) is 0 Å². The third kappa shape index (κ3) is 2.02. The molecule has 0 radical (unpaired) electrons. The molecule has 0 saturated heterocycles. The molecule has 84 valence electrons. The highest BCUT2D eigenvalue weighted by atomic mass is 79.9. The number of aliphatic hydroxyl groups is 1. The summed E-state index contributed by atoms with van der Waals surface area (Å²) in [4.78, 5) is 0. The van der Waals surface area contributed by atoms with Crippen molar-refractivity contribution in [3.8, 4) is 0 Å². The molecule has 2 rings (SSSR count). The van der Waals surface area contributed by atoms with Crippen molar-refractivity contribution in [2.45, 2.75) is 44.6 Å². The van der Waals surface area contributed by atoms with Crippen molar-refractivity contribution in [1.29, 1.82) is 0 Å². The number of thiophene rings is 1. The molecule has 1 saturated carbocycles. The molecule has 0 amide bonds. The zero-order chi connectivity index (χ0) is 10.9. The predicted molar refractivity (Wildman–Crippen MR) is 68.2 cm³/mol. The predicted octanol–water partition coefficient (Wildman–Crippen LogP) is 4.30. The normalized spacial score (nSPS) is 31.8. The van der Waals surface area contributed by atoms with Crippen LogP contribution in [0, 0.1) is 5.92 Å². The maximum absolute atomic E-state index is 10.8. The minimum absolute atomic E-state index is 0.428. The van der Waals surface area contributed by atoms with Gasteiger partial charge in [0.05, 0.1) is 5.60 Å². The Kier molecular flexibility index (Phi) is 3.53. The summed E-state index contributed by atoms with van der Waals surface area (Å²) >= 11 is 5.21. The molecular formula is C12H17BrOS. The molecule has 0 bridgehead atoms. The molecule has 1 aromatic heterocycles. The maximum atomic E-state index is 10.8. The average molecular weight is 289 g/mol. The lowest BCUT2D eigenvalue weighted by molar-refractivity contribution is -0.0559. The first-order valence-electron chi connectivity index (χ1n) is 5.63. The van der Waals surface area contributed by atoms with Crippen molar-refractivity contribution >= 4 is 27.3 Å². The summed E-state index contributed by atoms with van der Waals surface area (Å²) < 4.78 is 1.08. The topological polar surface area (TPSA) is 20.2 Å². The van der Waals surface area contributed by atoms with Gasteiger partial charge in [-0.1, -0.05) is 26.2 Å². The van der Waals surface area contributed by atoms with Crippen molar-refractivity contribution in [3.05, 3.63) is 20.8 Å². The Labute approximate surface area is 104 Å². The van der Waals surface area contributed by atoms with Crippen LogP contribution in [-0.2, 0) is 5.60 Å². The van der Waals surface area contributed by atoms with Gasteiger partial charge in [0.25, 0.3) is 0 Å². The Balaban J connectivity index is 2.34. The van der Waals surface area contributed by atoms with Crippen molar-refractivity contribution in [2.75, 3.05) is 0 Å². The van der Waals surface area contributed by atoms with Crippen LogP contribution in [0.5, 0.6) is 0 Å². The van der Waals surface area contributed by atoms with Crippen molar-refractivity contribution in [1.82, 2.24) is 0 Å². The van der Waals surface area contributed by atoms with Gasteiger partial charge in [0.15, 0.2) is 0 Å². The van der Waals surface area contributed by atoms with Gasteiger partial charge >= 0.3 is 0 Å². The summed E-state index contributed by atoms with van der Waals surface area (Å²) in [6, 6.07) is 0. The fraction of sp³-hybridized carbons (Fsp3) is 0.667. The molecule has 1 N–H and O–H groups in total. The van der Waals surface area contributed by atoms with Crippen molar-refractivity contribution < 1.29 is 5.11 Å². The fourth-order valence-corrected chi connectivity index (χ4v) is 4.43. The first-order chi connectivity index (χ1) is 7.18. The first-order valence-corrected chi connectivity index (χ1v) is 7.36. The highest BCUT2D eigenvalue weighted by Gasteiger charge is 2.40. The van der Waals surface area contributed by atoms with E-state index in [-0.39, 0.29) is 0 Å². The number of hydrogen-bond donors (Lipinski definition) is 1. The summed E-state index contributed by atoms with van der Waals surface area (Å²) in [7, 11) is 0. The highest BCUT2D eigenvalue weighted by molar-refractivity contribution is 9.10. The van der Waals surface area contributed by atoms with E-state index in [1.807, 2.05) is 0 Å². The second kappa shape index (κ2) is 4.56. The number of rotatable bonds is 2. The molecule has 1 aliphatic rings. The van der Waals surface area contributed by atoms with Crippen LogP contribution in [0.1, 0.15) is 44.6 Å². The fourth-order valence-electron chi connectivity index (χ4n) is 2.71. The van der Waals surface area contributed by atoms with Crippen LogP contribution < -0.4 is 0 Å². The van der Waals surface area contributed by atoms with Gasteiger partial charge in [-0.25, -0.2) is 0 Å². The second-order valence-electron chi connectivity index (χ2n) is 4.41. The maximum Gasteiger partial charge on any atom is 0.0943 e. The lowest BCUT2D eigenvalue weighted by Crippen LogP contribution is -2.37. The summed E-state index contributed by atoms with van der Waals surface area (Å²) in [6.07, 6.45) is 5.56. The average Bonchev–Trinajstić information content (AvgIpc) is 2.66. The van der Waals surface area contributed by atoms with Crippen molar-refractivity contribution in [3.63, 3.8) is 0 Å². The van der Waals surface area contributed by atoms with Gasteiger partial charge in [-0.05, 0) is 40.1 Å². The molecule has 0 spiro atoms. The Morgan fingerprint density at radius 1 is 1.53 bits per heavy atom. The van der Waals surface area contributed by atoms with Crippen LogP contribution in [0.15, 0.2) is 15.2 Å². The lowest BCUT2D eigenvalue weighted by atomic mass is 9.71. The molecule has 1 nitrogen and oxygen atoms in total. The third-order valence-corrected chi connectivity index (χ3v) is 5.31. The van der Waals surface area contributed by atoms with Crippen molar-refractivity contribution in [2.24, 2.45) is 5.92 Å². The molecular weight excluding hydrogens is 272 g/mol. The van der Waals surface area contributed by atoms with E-state index < -0.39 is 5.60 Å². The quantitative estimate of drug-likeness (QED) is 0.860. The third-order valence-electron chi connectivity index (χ3n) is 3.61. The molecule has 2 atom stereocenters. The standard InChI is InChI=1S/C12H17BrOS/c1-2-9-5-3-4-6-12(9,14)10-7-15-8-11(10)13/h7-9,14H,2-6H2,1H3. The van der Waals surface area contributed by atoms with Gasteiger partial charge in [0.1, 0.15) is 0 Å². The SMILES string of the molecule is CCC1CCCCC1(O)c1cscc1Br. The number of hydrogen-bond acceptors (Lipinski definition) is 2. The molecule has 1 fully saturated rings. The summed E-state index contributed by atoms with van der Waals surface area (Å²) in [6.45, 7) is 2.18. The Hall–Kier alpha value is 0.140. The molecule has 3 heteroatoms. The van der Waals surface area contributed by atoms with Crippen LogP contribution >= 0.6 is 27.3 Å². The van der Waals surface area contributed by atoms with E-state index in [2.05, 4.69) is 33.6 Å². The zero-order valence-corrected chi connectivity index (χ0v) is 11.4. The van der Waals surface area contributed by atoms with Gasteiger partial charge in [-0.3, -0.25) is 0 Å². The Bertz CT molecular complexity index is 336. The lowest BCUT2D eigenvalue weighted by Gasteiger charge is -2.39. The van der Waals surface area contributed by atoms with Gasteiger partial charge in [-0.15, -0.1) is 0 Å². The van der Waals surface area contributed by atoms with E-state index in [0.717, 1.165) is 35.7 Å². The van der Waals surface area contributed by atoms with Crippen LogP contribution in [0.4, 0.5) is 0 Å². The zero-order valence-electron chi connectivity index (χ0n) is 9.00. The van der Waals surface area contributed by atoms with E-state index in [0.29, 0.717) is 5.92 Å². The van der Waals surface area contributed by atoms with Crippen LogP contribution in [-0.4, -0.2) is 5.11 Å². The molecule has 0 aliphatic heterocycles. The van der Waals surface area contributed by atoms with Crippen LogP contribution in [0.2, 0.25) is 0 Å². The number of halogens is 1. The van der Waals surface area contributed by atoms with Gasteiger partial charge in [0.2, 0.25) is 0 Å². The highest BCUT2D eigenvalue weighted by Crippen LogP contribution is 2.46. The first kappa shape index (κ1) is 11.6. The van der Waals surface area contributed by atoms with Crippen LogP contribution in [0.3, 0.4) is 0 Å². The minimum atomic E-state index is -0.578. The Morgan fingerprint density at radius 3 is 2.93 bits per heavy atom. The van der Waals surface area contributed by atoms with Gasteiger partial charge in [0, 0.05) is 15.4 Å². The van der Waals surface area contributed by atoms with E-state index in [1.165, 1.54) is 6.42 Å². The molecule has 15 heavy (non-hydrogen) atoms. The summed E-state index contributed by atoms with van der Waals surface area (Å²) in [5.74, 6) is 0.428. The molecule has 0 aromatic carbocycles. The minimum Gasteiger partial charge on any atom is -0.385 e. The van der Waals surface area contributed by atoms with E-state index in [9.17, 15) is 5.11 Å². The van der Waals surface area contributed by atoms with E-state index >= 15 is 0 Å². The molecule has 2 unspecified atom stereocenters. The smallest absolute Gasteiger partial charge is 0.0943 e. The molecule has 1 heterocycles.